The van der Waals surface area contributed by atoms with Crippen molar-refractivity contribution in [1.82, 2.24) is 10.2 Å². The van der Waals surface area contributed by atoms with E-state index >= 15 is 0 Å². The van der Waals surface area contributed by atoms with Crippen LogP contribution < -0.4 is 5.32 Å². The number of methoxy groups -OCH3 is 1. The Bertz CT molecular complexity index is 204. The quantitative estimate of drug-likeness (QED) is 0.788. The molecule has 3 heteroatoms. The number of ether oxygens (including phenoxy) is 1. The zero-order chi connectivity index (χ0) is 11.4. The molecule has 3 unspecified atom stereocenters. The first-order valence-electron chi connectivity index (χ1n) is 6.77. The van der Waals surface area contributed by atoms with Crippen LogP contribution >= 0.6 is 0 Å². The predicted octanol–water partition coefficient (Wildman–Crippen LogP) is 1.63. The van der Waals surface area contributed by atoms with Crippen LogP contribution in [0.4, 0.5) is 0 Å². The summed E-state index contributed by atoms with van der Waals surface area (Å²) in [7, 11) is 4.13. The third-order valence-electron chi connectivity index (χ3n) is 4.21. The fourth-order valence-corrected chi connectivity index (χ4v) is 3.25. The van der Waals surface area contributed by atoms with Crippen LogP contribution in [0.5, 0.6) is 0 Å². The molecule has 0 aromatic carbocycles. The first kappa shape index (κ1) is 12.3. The van der Waals surface area contributed by atoms with Gasteiger partial charge in [-0.05, 0) is 39.3 Å². The van der Waals surface area contributed by atoms with Crippen molar-refractivity contribution >= 4 is 0 Å². The molecule has 3 nitrogen and oxygen atoms in total. The number of nitrogens with one attached hydrogen (secondary N) is 1. The van der Waals surface area contributed by atoms with Crippen LogP contribution in [0.2, 0.25) is 0 Å². The molecular formula is C13H26N2O. The first-order chi connectivity index (χ1) is 7.81. The van der Waals surface area contributed by atoms with Crippen molar-refractivity contribution in [3.63, 3.8) is 0 Å². The second-order valence-electron chi connectivity index (χ2n) is 5.36. The van der Waals surface area contributed by atoms with E-state index in [9.17, 15) is 0 Å². The van der Waals surface area contributed by atoms with Crippen molar-refractivity contribution < 1.29 is 4.74 Å². The van der Waals surface area contributed by atoms with E-state index in [1.807, 2.05) is 7.11 Å². The molecule has 1 aliphatic carbocycles. The zero-order valence-electron chi connectivity index (χ0n) is 10.7. The summed E-state index contributed by atoms with van der Waals surface area (Å²) in [5, 5.41) is 3.58. The van der Waals surface area contributed by atoms with Gasteiger partial charge in [-0.25, -0.2) is 0 Å². The summed E-state index contributed by atoms with van der Waals surface area (Å²) in [6, 6.07) is 1.35. The van der Waals surface area contributed by atoms with Crippen molar-refractivity contribution in [2.24, 2.45) is 0 Å². The minimum Gasteiger partial charge on any atom is -0.380 e. The van der Waals surface area contributed by atoms with Crippen LogP contribution in [0.25, 0.3) is 0 Å². The smallest absolute Gasteiger partial charge is 0.0726 e. The van der Waals surface area contributed by atoms with Crippen LogP contribution in [0.1, 0.15) is 38.5 Å². The minimum absolute atomic E-state index is 0.458. The maximum atomic E-state index is 5.63. The topological polar surface area (TPSA) is 24.5 Å². The van der Waals surface area contributed by atoms with Gasteiger partial charge in [0.1, 0.15) is 0 Å². The Morgan fingerprint density at radius 2 is 2.00 bits per heavy atom. The maximum absolute atomic E-state index is 5.63. The lowest BCUT2D eigenvalue weighted by Crippen LogP contribution is -2.48. The van der Waals surface area contributed by atoms with Crippen LogP contribution in [-0.4, -0.2) is 50.3 Å². The number of hydrogen-bond acceptors (Lipinski definition) is 3. The third-order valence-corrected chi connectivity index (χ3v) is 4.21. The summed E-state index contributed by atoms with van der Waals surface area (Å²) in [6.07, 6.45) is 8.40. The lowest BCUT2D eigenvalue weighted by molar-refractivity contribution is -0.00394. The van der Waals surface area contributed by atoms with Crippen LogP contribution in [0.3, 0.4) is 0 Å². The van der Waals surface area contributed by atoms with Gasteiger partial charge in [0, 0.05) is 25.7 Å². The molecule has 94 valence electrons. The first-order valence-corrected chi connectivity index (χ1v) is 6.77. The van der Waals surface area contributed by atoms with Gasteiger partial charge in [0.25, 0.3) is 0 Å². The number of nitrogens with zero attached hydrogens (tertiary/aromatic N) is 1. The second kappa shape index (κ2) is 5.99. The lowest BCUT2D eigenvalue weighted by Gasteiger charge is -2.38. The van der Waals surface area contributed by atoms with Crippen molar-refractivity contribution in [2.75, 3.05) is 27.2 Å². The minimum atomic E-state index is 0.458. The Morgan fingerprint density at radius 3 is 2.69 bits per heavy atom. The molecule has 16 heavy (non-hydrogen) atoms. The summed E-state index contributed by atoms with van der Waals surface area (Å²) in [6.45, 7) is 2.39. The molecule has 1 saturated carbocycles. The Morgan fingerprint density at radius 1 is 1.19 bits per heavy atom. The average molecular weight is 226 g/mol. The van der Waals surface area contributed by atoms with E-state index in [2.05, 4.69) is 17.3 Å². The molecule has 2 rings (SSSR count). The van der Waals surface area contributed by atoms with Gasteiger partial charge >= 0.3 is 0 Å². The number of rotatable bonds is 4. The standard InChI is InChI=1S/C13H26N2O/c1-15(10-11-6-5-9-14-11)12-7-3-4-8-13(12)16-2/h11-14H,3-10H2,1-2H3. The van der Waals surface area contributed by atoms with Crippen LogP contribution in [0.15, 0.2) is 0 Å². The highest BCUT2D eigenvalue weighted by Crippen LogP contribution is 2.25. The highest BCUT2D eigenvalue weighted by molar-refractivity contribution is 4.86. The van der Waals surface area contributed by atoms with Crippen molar-refractivity contribution in [2.45, 2.75) is 56.7 Å². The van der Waals surface area contributed by atoms with Crippen molar-refractivity contribution in [3.05, 3.63) is 0 Å². The molecular weight excluding hydrogens is 200 g/mol. The zero-order valence-corrected chi connectivity index (χ0v) is 10.7. The van der Waals surface area contributed by atoms with E-state index in [4.69, 9.17) is 4.74 Å². The van der Waals surface area contributed by atoms with Gasteiger partial charge in [-0.1, -0.05) is 12.8 Å². The molecule has 1 saturated heterocycles. The number of likely N-dealkylation sites (N-methyl/N-ethyl adjacent to an activating group) is 1. The van der Waals surface area contributed by atoms with Gasteiger partial charge in [0.15, 0.2) is 0 Å². The molecule has 0 amide bonds. The fraction of sp³-hybridized carbons (Fsp3) is 1.00. The largest absolute Gasteiger partial charge is 0.380 e. The normalized spacial score (nSPS) is 35.8. The van der Waals surface area contributed by atoms with E-state index < -0.39 is 0 Å². The van der Waals surface area contributed by atoms with Crippen molar-refractivity contribution in [1.29, 1.82) is 0 Å². The second-order valence-corrected chi connectivity index (χ2v) is 5.36. The molecule has 0 spiro atoms. The molecule has 1 heterocycles. The van der Waals surface area contributed by atoms with Gasteiger partial charge in [-0.2, -0.15) is 0 Å². The summed E-state index contributed by atoms with van der Waals surface area (Å²) in [5.41, 5.74) is 0. The monoisotopic (exact) mass is 226 g/mol. The average Bonchev–Trinajstić information content (AvgIpc) is 2.81. The molecule has 0 radical (unpaired) electrons. The van der Waals surface area contributed by atoms with Crippen molar-refractivity contribution in [3.8, 4) is 0 Å². The third kappa shape index (κ3) is 2.96. The lowest BCUT2D eigenvalue weighted by atomic mass is 9.91. The van der Waals surface area contributed by atoms with E-state index in [0.29, 0.717) is 18.2 Å². The van der Waals surface area contributed by atoms with E-state index in [1.54, 1.807) is 0 Å². The van der Waals surface area contributed by atoms with E-state index in [1.165, 1.54) is 51.6 Å². The molecule has 3 atom stereocenters. The molecule has 1 N–H and O–H groups in total. The Labute approximate surface area is 99.5 Å². The summed E-state index contributed by atoms with van der Waals surface area (Å²) < 4.78 is 5.63. The molecule has 1 aliphatic heterocycles. The fourth-order valence-electron chi connectivity index (χ4n) is 3.25. The Kier molecular flexibility index (Phi) is 4.62. The van der Waals surface area contributed by atoms with Gasteiger partial charge in [0.05, 0.1) is 6.10 Å². The summed E-state index contributed by atoms with van der Waals surface area (Å²) >= 11 is 0. The highest BCUT2D eigenvalue weighted by atomic mass is 16.5. The molecule has 2 aliphatic rings. The van der Waals surface area contributed by atoms with Gasteiger partial charge < -0.3 is 10.1 Å². The molecule has 0 aromatic heterocycles. The summed E-state index contributed by atoms with van der Waals surface area (Å²) in [5.74, 6) is 0. The predicted molar refractivity (Wildman–Crippen MR) is 66.7 cm³/mol. The Balaban J connectivity index is 1.83. The van der Waals surface area contributed by atoms with Gasteiger partial charge in [-0.3, -0.25) is 4.90 Å². The van der Waals surface area contributed by atoms with Gasteiger partial charge in [0.2, 0.25) is 0 Å². The highest BCUT2D eigenvalue weighted by Gasteiger charge is 2.29. The summed E-state index contributed by atoms with van der Waals surface area (Å²) in [4.78, 5) is 2.52. The SMILES string of the molecule is COC1CCCCC1N(C)CC1CCCN1. The Hall–Kier alpha value is -0.120. The maximum Gasteiger partial charge on any atom is 0.0726 e. The van der Waals surface area contributed by atoms with E-state index in [-0.39, 0.29) is 0 Å². The van der Waals surface area contributed by atoms with Gasteiger partial charge in [-0.15, -0.1) is 0 Å². The molecule has 0 aromatic rings. The molecule has 0 bridgehead atoms. The molecule has 2 fully saturated rings. The van der Waals surface area contributed by atoms with E-state index in [0.717, 1.165) is 0 Å². The van der Waals surface area contributed by atoms with Crippen LogP contribution in [-0.2, 0) is 4.74 Å². The number of hydrogen-bond donors (Lipinski definition) is 1. The van der Waals surface area contributed by atoms with Crippen LogP contribution in [0, 0.1) is 0 Å².